The highest BCUT2D eigenvalue weighted by atomic mass is 35.5. The van der Waals surface area contributed by atoms with Gasteiger partial charge in [-0.1, -0.05) is 28.4 Å². The lowest BCUT2D eigenvalue weighted by atomic mass is 10.2. The number of likely N-dealkylation sites (N-methyl/N-ethyl adjacent to an activating group) is 1. The Balaban J connectivity index is 0.00000208. The topological polar surface area (TPSA) is 63.4 Å². The zero-order chi connectivity index (χ0) is 16.4. The van der Waals surface area contributed by atoms with Gasteiger partial charge in [-0.2, -0.15) is 4.98 Å². The first-order valence-electron chi connectivity index (χ1n) is 7.41. The molecule has 0 radical (unpaired) electrons. The fraction of sp³-hybridized carbons (Fsp3) is 0.467. The molecule has 2 heterocycles. The lowest BCUT2D eigenvalue weighted by Gasteiger charge is -2.30. The van der Waals surface area contributed by atoms with Gasteiger partial charge in [0.05, 0.1) is 11.1 Å². The maximum Gasteiger partial charge on any atom is 0.267 e. The van der Waals surface area contributed by atoms with Crippen molar-refractivity contribution in [2.45, 2.75) is 19.1 Å². The molecular weight excluding hydrogens is 375 g/mol. The van der Waals surface area contributed by atoms with Gasteiger partial charge in [-0.3, -0.25) is 4.90 Å². The Hall–Kier alpha value is -1.05. The molecule has 1 aliphatic rings. The van der Waals surface area contributed by atoms with Crippen LogP contribution in [-0.4, -0.2) is 41.7 Å². The van der Waals surface area contributed by atoms with Crippen LogP contribution in [-0.2, 0) is 0 Å². The van der Waals surface area contributed by atoms with Crippen LogP contribution >= 0.6 is 35.6 Å². The highest BCUT2D eigenvalue weighted by Crippen LogP contribution is 2.31. The molecule has 2 atom stereocenters. The van der Waals surface area contributed by atoms with E-state index in [9.17, 15) is 0 Å². The monoisotopic (exact) mass is 392 g/mol. The van der Waals surface area contributed by atoms with Crippen molar-refractivity contribution < 1.29 is 9.26 Å². The minimum absolute atomic E-state index is 0. The number of benzene rings is 1. The first-order chi connectivity index (χ1) is 11.0. The Morgan fingerprint density at radius 1 is 1.42 bits per heavy atom. The molecule has 1 N–H and O–H groups in total. The largest absolute Gasteiger partial charge is 0.479 e. The molecule has 0 amide bonds. The van der Waals surface area contributed by atoms with Crippen LogP contribution < -0.4 is 10.1 Å². The van der Waals surface area contributed by atoms with Crippen LogP contribution in [0.25, 0.3) is 0 Å². The number of rotatable bonds is 4. The van der Waals surface area contributed by atoms with E-state index in [1.807, 2.05) is 6.92 Å². The van der Waals surface area contributed by atoms with Gasteiger partial charge < -0.3 is 14.6 Å². The minimum atomic E-state index is -0.406. The van der Waals surface area contributed by atoms with Gasteiger partial charge in [-0.05, 0) is 32.2 Å². The second-order valence-corrected chi connectivity index (χ2v) is 6.37. The van der Waals surface area contributed by atoms with Crippen molar-refractivity contribution in [1.29, 1.82) is 0 Å². The molecule has 0 bridgehead atoms. The van der Waals surface area contributed by atoms with Crippen LogP contribution in [0.3, 0.4) is 0 Å². The first-order valence-corrected chi connectivity index (χ1v) is 8.16. The van der Waals surface area contributed by atoms with E-state index in [1.54, 1.807) is 18.2 Å². The first kappa shape index (κ1) is 19.3. The lowest BCUT2D eigenvalue weighted by molar-refractivity contribution is 0.173. The quantitative estimate of drug-likeness (QED) is 0.857. The summed E-state index contributed by atoms with van der Waals surface area (Å²) in [5.41, 5.74) is 0. The Labute approximate surface area is 156 Å². The summed E-state index contributed by atoms with van der Waals surface area (Å²) in [4.78, 5) is 6.68. The van der Waals surface area contributed by atoms with Crippen LogP contribution in [0.4, 0.5) is 0 Å². The fourth-order valence-corrected chi connectivity index (χ4v) is 2.91. The van der Waals surface area contributed by atoms with Crippen molar-refractivity contribution >= 4 is 35.6 Å². The Bertz CT molecular complexity index is 682. The molecule has 0 spiro atoms. The summed E-state index contributed by atoms with van der Waals surface area (Å²) >= 11 is 12.0. The Kier molecular flexibility index (Phi) is 6.71. The van der Waals surface area contributed by atoms with Crippen LogP contribution in [0.5, 0.6) is 5.75 Å². The molecular formula is C15H19Cl3N4O2. The third-order valence-electron chi connectivity index (χ3n) is 3.81. The molecule has 1 aromatic carbocycles. The standard InChI is InChI=1S/C15H18Cl2N4O2.ClH/c1-9(22-13-4-3-10(16)7-11(13)17)15-19-14(20-23-15)12-8-18-5-6-21(12)2;/h3-4,7,9,12,18H,5-6,8H2,1-2H3;1H. The molecule has 1 aromatic heterocycles. The van der Waals surface area contributed by atoms with Crippen LogP contribution in [0, 0.1) is 0 Å². The van der Waals surface area contributed by atoms with Crippen molar-refractivity contribution in [3.8, 4) is 5.75 Å². The van der Waals surface area contributed by atoms with Crippen molar-refractivity contribution in [3.05, 3.63) is 40.0 Å². The third-order valence-corrected chi connectivity index (χ3v) is 4.34. The lowest BCUT2D eigenvalue weighted by Crippen LogP contribution is -2.44. The van der Waals surface area contributed by atoms with Crippen molar-refractivity contribution in [3.63, 3.8) is 0 Å². The number of piperazine rings is 1. The highest BCUT2D eigenvalue weighted by Gasteiger charge is 2.27. The molecule has 1 fully saturated rings. The summed E-state index contributed by atoms with van der Waals surface area (Å²) in [5, 5.41) is 8.42. The third kappa shape index (κ3) is 4.32. The summed E-state index contributed by atoms with van der Waals surface area (Å²) in [7, 11) is 2.05. The molecule has 1 saturated heterocycles. The van der Waals surface area contributed by atoms with Gasteiger partial charge in [-0.15, -0.1) is 12.4 Å². The van der Waals surface area contributed by atoms with E-state index in [2.05, 4.69) is 27.4 Å². The summed E-state index contributed by atoms with van der Waals surface area (Å²) in [6, 6.07) is 5.18. The molecule has 6 nitrogen and oxygen atoms in total. The molecule has 3 rings (SSSR count). The molecule has 0 saturated carbocycles. The van der Waals surface area contributed by atoms with E-state index in [4.69, 9.17) is 32.5 Å². The number of aromatic nitrogens is 2. The molecule has 132 valence electrons. The molecule has 0 aliphatic carbocycles. The SMILES string of the molecule is CC(Oc1ccc(Cl)cc1Cl)c1nc(C2CNCCN2C)no1.Cl. The van der Waals surface area contributed by atoms with E-state index in [-0.39, 0.29) is 18.4 Å². The van der Waals surface area contributed by atoms with Gasteiger partial charge in [0.2, 0.25) is 0 Å². The van der Waals surface area contributed by atoms with Gasteiger partial charge in [-0.25, -0.2) is 0 Å². The second-order valence-electron chi connectivity index (χ2n) is 5.53. The normalized spacial score (nSPS) is 19.6. The van der Waals surface area contributed by atoms with E-state index in [0.717, 1.165) is 19.6 Å². The maximum atomic E-state index is 6.12. The number of hydrogen-bond acceptors (Lipinski definition) is 6. The highest BCUT2D eigenvalue weighted by molar-refractivity contribution is 6.35. The maximum absolute atomic E-state index is 6.12. The number of nitrogens with zero attached hydrogens (tertiary/aromatic N) is 3. The van der Waals surface area contributed by atoms with Crippen molar-refractivity contribution in [1.82, 2.24) is 20.4 Å². The van der Waals surface area contributed by atoms with Gasteiger partial charge >= 0.3 is 0 Å². The van der Waals surface area contributed by atoms with Crippen LogP contribution in [0.15, 0.2) is 22.7 Å². The fourth-order valence-electron chi connectivity index (χ4n) is 2.45. The predicted molar refractivity (Wildman–Crippen MR) is 95.3 cm³/mol. The second kappa shape index (κ2) is 8.36. The zero-order valence-corrected chi connectivity index (χ0v) is 15.7. The smallest absolute Gasteiger partial charge is 0.267 e. The van der Waals surface area contributed by atoms with Gasteiger partial charge in [0.15, 0.2) is 11.9 Å². The number of ether oxygens (including phenoxy) is 1. The van der Waals surface area contributed by atoms with E-state index >= 15 is 0 Å². The average molecular weight is 394 g/mol. The summed E-state index contributed by atoms with van der Waals surface area (Å²) in [6.07, 6.45) is -0.406. The van der Waals surface area contributed by atoms with Gasteiger partial charge in [0.1, 0.15) is 5.75 Å². The zero-order valence-electron chi connectivity index (χ0n) is 13.3. The van der Waals surface area contributed by atoms with E-state index in [1.165, 1.54) is 0 Å². The predicted octanol–water partition coefficient (Wildman–Crippen LogP) is 3.51. The van der Waals surface area contributed by atoms with Crippen LogP contribution in [0.1, 0.15) is 30.8 Å². The Morgan fingerprint density at radius 2 is 2.21 bits per heavy atom. The summed E-state index contributed by atoms with van der Waals surface area (Å²) < 4.78 is 11.2. The van der Waals surface area contributed by atoms with Crippen LogP contribution in [0.2, 0.25) is 10.0 Å². The number of halogens is 3. The van der Waals surface area contributed by atoms with Crippen molar-refractivity contribution in [2.24, 2.45) is 0 Å². The molecule has 1 aliphatic heterocycles. The molecule has 24 heavy (non-hydrogen) atoms. The molecule has 2 aromatic rings. The molecule has 9 heteroatoms. The van der Waals surface area contributed by atoms with E-state index in [0.29, 0.717) is 27.5 Å². The van der Waals surface area contributed by atoms with Gasteiger partial charge in [0.25, 0.3) is 5.89 Å². The van der Waals surface area contributed by atoms with Gasteiger partial charge in [0, 0.05) is 24.7 Å². The summed E-state index contributed by atoms with van der Waals surface area (Å²) in [5.74, 6) is 1.61. The average Bonchev–Trinajstić information content (AvgIpc) is 3.00. The minimum Gasteiger partial charge on any atom is -0.479 e. The number of hydrogen-bond donors (Lipinski definition) is 1. The summed E-state index contributed by atoms with van der Waals surface area (Å²) in [6.45, 7) is 4.55. The van der Waals surface area contributed by atoms with E-state index < -0.39 is 6.10 Å². The number of nitrogens with one attached hydrogen (secondary N) is 1. The Morgan fingerprint density at radius 3 is 2.92 bits per heavy atom. The van der Waals surface area contributed by atoms with Crippen molar-refractivity contribution in [2.75, 3.05) is 26.7 Å². The molecule has 2 unspecified atom stereocenters.